The molecule has 0 amide bonds. The quantitative estimate of drug-likeness (QED) is 0.658. The standard InChI is InChI=1S/C15H22N2O/c1-5-15(6-2)16-14(3,4)13(17(15)18)12-10-8-7-9-11-12/h7-11,16H,5-6H2,1-4H3. The SMILES string of the molecule is CCC1(CC)NC(C)(C)C(c2ccccc2)=[N+]1[O-]. The van der Waals surface area contributed by atoms with Crippen LogP contribution in [0, 0.1) is 5.21 Å². The molecule has 1 heterocycles. The summed E-state index contributed by atoms with van der Waals surface area (Å²) in [5.74, 6) is 0. The molecule has 0 unspecified atom stereocenters. The lowest BCUT2D eigenvalue weighted by Gasteiger charge is -2.27. The molecule has 98 valence electrons. The van der Waals surface area contributed by atoms with E-state index in [-0.39, 0.29) is 5.54 Å². The molecule has 1 N–H and O–H groups in total. The van der Waals surface area contributed by atoms with Gasteiger partial charge in [-0.15, -0.1) is 0 Å². The van der Waals surface area contributed by atoms with Crippen LogP contribution in [-0.4, -0.2) is 21.7 Å². The molecule has 0 atom stereocenters. The molecule has 1 aromatic carbocycles. The third-order valence-corrected chi connectivity index (χ3v) is 3.95. The predicted octanol–water partition coefficient (Wildman–Crippen LogP) is 2.88. The van der Waals surface area contributed by atoms with Gasteiger partial charge in [0.1, 0.15) is 5.54 Å². The molecule has 2 rings (SSSR count). The van der Waals surface area contributed by atoms with E-state index in [1.54, 1.807) is 0 Å². The zero-order valence-electron chi connectivity index (χ0n) is 11.7. The maximum absolute atomic E-state index is 12.7. The Morgan fingerprint density at radius 2 is 1.67 bits per heavy atom. The predicted molar refractivity (Wildman–Crippen MR) is 74.7 cm³/mol. The van der Waals surface area contributed by atoms with Gasteiger partial charge < -0.3 is 5.21 Å². The maximum atomic E-state index is 12.7. The first kappa shape index (κ1) is 13.1. The summed E-state index contributed by atoms with van der Waals surface area (Å²) in [6, 6.07) is 9.94. The van der Waals surface area contributed by atoms with Crippen LogP contribution >= 0.6 is 0 Å². The highest BCUT2D eigenvalue weighted by molar-refractivity contribution is 6.04. The largest absolute Gasteiger partial charge is 0.622 e. The number of hydrogen-bond donors (Lipinski definition) is 1. The Morgan fingerprint density at radius 1 is 1.11 bits per heavy atom. The van der Waals surface area contributed by atoms with Crippen molar-refractivity contribution >= 4 is 5.71 Å². The lowest BCUT2D eigenvalue weighted by molar-refractivity contribution is -0.548. The van der Waals surface area contributed by atoms with E-state index in [9.17, 15) is 5.21 Å². The van der Waals surface area contributed by atoms with Crippen LogP contribution in [0.4, 0.5) is 0 Å². The average Bonchev–Trinajstić information content (AvgIpc) is 2.57. The highest BCUT2D eigenvalue weighted by atomic mass is 16.5. The summed E-state index contributed by atoms with van der Waals surface area (Å²) in [6.45, 7) is 8.28. The second-order valence-corrected chi connectivity index (χ2v) is 5.50. The minimum atomic E-state index is -0.464. The number of hydrogen-bond acceptors (Lipinski definition) is 2. The molecule has 1 aliphatic heterocycles. The van der Waals surface area contributed by atoms with E-state index in [4.69, 9.17) is 0 Å². The molecule has 1 aliphatic rings. The van der Waals surface area contributed by atoms with Gasteiger partial charge in [0.25, 0.3) is 0 Å². The normalized spacial score (nSPS) is 21.3. The molecule has 0 aromatic heterocycles. The van der Waals surface area contributed by atoms with E-state index in [0.29, 0.717) is 0 Å². The molecular weight excluding hydrogens is 224 g/mol. The van der Waals surface area contributed by atoms with Gasteiger partial charge >= 0.3 is 0 Å². The molecular formula is C15H22N2O. The summed E-state index contributed by atoms with van der Waals surface area (Å²) < 4.78 is 1.20. The van der Waals surface area contributed by atoms with Crippen LogP contribution in [0.1, 0.15) is 46.1 Å². The lowest BCUT2D eigenvalue weighted by atomic mass is 9.93. The van der Waals surface area contributed by atoms with Gasteiger partial charge in [-0.3, -0.25) is 0 Å². The molecule has 0 saturated heterocycles. The van der Waals surface area contributed by atoms with Crippen LogP contribution in [0.3, 0.4) is 0 Å². The Hall–Kier alpha value is -1.35. The van der Waals surface area contributed by atoms with Crippen molar-refractivity contribution < 1.29 is 4.74 Å². The number of nitrogens with one attached hydrogen (secondary N) is 1. The van der Waals surface area contributed by atoms with Gasteiger partial charge in [-0.25, -0.2) is 5.32 Å². The summed E-state index contributed by atoms with van der Waals surface area (Å²) >= 11 is 0. The van der Waals surface area contributed by atoms with Crippen LogP contribution in [0.5, 0.6) is 0 Å². The van der Waals surface area contributed by atoms with E-state index < -0.39 is 5.66 Å². The summed E-state index contributed by atoms with van der Waals surface area (Å²) in [5, 5.41) is 16.2. The topological polar surface area (TPSA) is 38.1 Å². The van der Waals surface area contributed by atoms with E-state index in [2.05, 4.69) is 33.0 Å². The summed E-state index contributed by atoms with van der Waals surface area (Å²) in [7, 11) is 0. The van der Waals surface area contributed by atoms with Crippen molar-refractivity contribution in [2.75, 3.05) is 0 Å². The van der Waals surface area contributed by atoms with Gasteiger partial charge in [0.05, 0.1) is 0 Å². The van der Waals surface area contributed by atoms with Crippen molar-refractivity contribution in [2.24, 2.45) is 0 Å². The van der Waals surface area contributed by atoms with Gasteiger partial charge in [0, 0.05) is 18.4 Å². The molecule has 0 spiro atoms. The Morgan fingerprint density at radius 3 is 2.11 bits per heavy atom. The first-order valence-corrected chi connectivity index (χ1v) is 6.66. The molecule has 1 aromatic rings. The summed E-state index contributed by atoms with van der Waals surface area (Å²) in [6.07, 6.45) is 1.60. The molecule has 0 saturated carbocycles. The van der Waals surface area contributed by atoms with Crippen LogP contribution < -0.4 is 5.32 Å². The van der Waals surface area contributed by atoms with Crippen LogP contribution in [0.25, 0.3) is 0 Å². The zero-order chi connectivity index (χ0) is 13.4. The van der Waals surface area contributed by atoms with Gasteiger partial charge in [-0.05, 0) is 26.0 Å². The van der Waals surface area contributed by atoms with Crippen LogP contribution in [0.2, 0.25) is 0 Å². The Labute approximate surface area is 109 Å². The van der Waals surface area contributed by atoms with Gasteiger partial charge in [0.2, 0.25) is 11.4 Å². The second-order valence-electron chi connectivity index (χ2n) is 5.50. The molecule has 18 heavy (non-hydrogen) atoms. The van der Waals surface area contributed by atoms with E-state index in [1.807, 2.05) is 30.3 Å². The third-order valence-electron chi connectivity index (χ3n) is 3.95. The van der Waals surface area contributed by atoms with Crippen molar-refractivity contribution in [3.8, 4) is 0 Å². The van der Waals surface area contributed by atoms with Crippen LogP contribution in [-0.2, 0) is 0 Å². The van der Waals surface area contributed by atoms with E-state index in [1.165, 1.54) is 4.74 Å². The second kappa shape index (κ2) is 4.39. The van der Waals surface area contributed by atoms with E-state index in [0.717, 1.165) is 24.1 Å². The maximum Gasteiger partial charge on any atom is 0.227 e. The number of benzene rings is 1. The Bertz CT molecular complexity index is 459. The smallest absolute Gasteiger partial charge is 0.227 e. The first-order valence-electron chi connectivity index (χ1n) is 6.66. The van der Waals surface area contributed by atoms with E-state index >= 15 is 0 Å². The van der Waals surface area contributed by atoms with Crippen molar-refractivity contribution in [1.29, 1.82) is 0 Å². The molecule has 3 heteroatoms. The number of nitrogens with zero attached hydrogens (tertiary/aromatic N) is 1. The minimum Gasteiger partial charge on any atom is -0.622 e. The molecule has 0 fully saturated rings. The third kappa shape index (κ3) is 1.83. The minimum absolute atomic E-state index is 0.297. The average molecular weight is 246 g/mol. The van der Waals surface area contributed by atoms with Crippen molar-refractivity contribution in [3.05, 3.63) is 41.1 Å². The van der Waals surface area contributed by atoms with Gasteiger partial charge in [0.15, 0.2) is 0 Å². The lowest BCUT2D eigenvalue weighted by Crippen LogP contribution is -2.52. The van der Waals surface area contributed by atoms with Gasteiger partial charge in [-0.1, -0.05) is 32.0 Å². The number of rotatable bonds is 3. The molecule has 3 nitrogen and oxygen atoms in total. The highest BCUT2D eigenvalue weighted by Gasteiger charge is 2.52. The molecule has 0 radical (unpaired) electrons. The Balaban J connectivity index is 2.58. The fourth-order valence-electron chi connectivity index (χ4n) is 2.95. The monoisotopic (exact) mass is 246 g/mol. The highest BCUT2D eigenvalue weighted by Crippen LogP contribution is 2.30. The summed E-state index contributed by atoms with van der Waals surface area (Å²) in [4.78, 5) is 0. The van der Waals surface area contributed by atoms with Crippen LogP contribution in [0.15, 0.2) is 30.3 Å². The van der Waals surface area contributed by atoms with Crippen molar-refractivity contribution in [2.45, 2.75) is 51.7 Å². The molecule has 0 bridgehead atoms. The number of hydroxylamine groups is 1. The van der Waals surface area contributed by atoms with Gasteiger partial charge in [-0.2, -0.15) is 4.74 Å². The van der Waals surface area contributed by atoms with Crippen molar-refractivity contribution in [3.63, 3.8) is 0 Å². The Kier molecular flexibility index (Phi) is 3.20. The zero-order valence-corrected chi connectivity index (χ0v) is 11.7. The fourth-order valence-corrected chi connectivity index (χ4v) is 2.95. The molecule has 0 aliphatic carbocycles. The fraction of sp³-hybridized carbons (Fsp3) is 0.533. The first-order chi connectivity index (χ1) is 8.47. The van der Waals surface area contributed by atoms with Crippen molar-refractivity contribution in [1.82, 2.24) is 5.32 Å². The summed E-state index contributed by atoms with van der Waals surface area (Å²) in [5.41, 5.74) is 1.09.